The maximum absolute atomic E-state index is 13.0. The van der Waals surface area contributed by atoms with Crippen molar-refractivity contribution in [3.63, 3.8) is 0 Å². The normalized spacial score (nSPS) is 15.5. The molecule has 2 aromatic rings. The highest BCUT2D eigenvalue weighted by atomic mass is 16.5. The maximum atomic E-state index is 13.0. The highest BCUT2D eigenvalue weighted by Gasteiger charge is 2.29. The Kier molecular flexibility index (Phi) is 9.82. The standard InChI is InChI=1S/C27H40N6O4/c1-19(2)21-10-12-33(13-11-21)24(34)15-32-14-23(29-18-32)31-25(35)22(30-26(36)27(3,4)28)17-37-16-20-8-6-5-7-9-20/h5-9,14,18-19,21-22H,10-13,15-17,28H2,1-4H3,(H,30,36)(H,31,35)/t22-/m1/s1. The van der Waals surface area contributed by atoms with Crippen molar-refractivity contribution in [1.82, 2.24) is 19.8 Å². The van der Waals surface area contributed by atoms with E-state index in [1.54, 1.807) is 24.6 Å². The smallest absolute Gasteiger partial charge is 0.250 e. The zero-order valence-corrected chi connectivity index (χ0v) is 22.3. The van der Waals surface area contributed by atoms with Crippen molar-refractivity contribution in [1.29, 1.82) is 0 Å². The molecule has 1 aliphatic rings. The van der Waals surface area contributed by atoms with Gasteiger partial charge in [0.25, 0.3) is 5.91 Å². The van der Waals surface area contributed by atoms with Crippen LogP contribution in [0.15, 0.2) is 42.9 Å². The lowest BCUT2D eigenvalue weighted by Gasteiger charge is -2.34. The number of ether oxygens (including phenoxy) is 1. The largest absolute Gasteiger partial charge is 0.374 e. The Morgan fingerprint density at radius 3 is 2.46 bits per heavy atom. The second-order valence-electron chi connectivity index (χ2n) is 10.6. The maximum Gasteiger partial charge on any atom is 0.250 e. The van der Waals surface area contributed by atoms with Crippen molar-refractivity contribution in [3.05, 3.63) is 48.4 Å². The summed E-state index contributed by atoms with van der Waals surface area (Å²) in [5, 5.41) is 5.37. The Morgan fingerprint density at radius 1 is 1.16 bits per heavy atom. The number of nitrogens with two attached hydrogens (primary N) is 1. The molecule has 1 atom stereocenters. The summed E-state index contributed by atoms with van der Waals surface area (Å²) in [6.45, 7) is 9.50. The molecule has 0 saturated carbocycles. The van der Waals surface area contributed by atoms with Crippen molar-refractivity contribution in [2.45, 2.75) is 65.3 Å². The molecule has 3 amide bonds. The third-order valence-electron chi connectivity index (χ3n) is 6.64. The molecule has 1 aromatic carbocycles. The first-order valence-corrected chi connectivity index (χ1v) is 12.8. The molecule has 10 nitrogen and oxygen atoms in total. The van der Waals surface area contributed by atoms with Crippen molar-refractivity contribution in [2.24, 2.45) is 17.6 Å². The molecule has 1 saturated heterocycles. The van der Waals surface area contributed by atoms with Crippen LogP contribution in [0.3, 0.4) is 0 Å². The van der Waals surface area contributed by atoms with E-state index in [0.29, 0.717) is 11.8 Å². The summed E-state index contributed by atoms with van der Waals surface area (Å²) in [5.74, 6) is 0.637. The Hall–Kier alpha value is -3.24. The van der Waals surface area contributed by atoms with E-state index in [1.165, 1.54) is 6.33 Å². The van der Waals surface area contributed by atoms with E-state index in [2.05, 4.69) is 29.5 Å². The second kappa shape index (κ2) is 12.8. The van der Waals surface area contributed by atoms with Crippen LogP contribution < -0.4 is 16.4 Å². The topological polar surface area (TPSA) is 132 Å². The molecule has 202 valence electrons. The number of nitrogens with one attached hydrogen (secondary N) is 2. The summed E-state index contributed by atoms with van der Waals surface area (Å²) in [6, 6.07) is 8.55. The number of aromatic nitrogens is 2. The Labute approximate surface area is 218 Å². The summed E-state index contributed by atoms with van der Waals surface area (Å²) < 4.78 is 7.36. The zero-order chi connectivity index (χ0) is 27.0. The fourth-order valence-corrected chi connectivity index (χ4v) is 4.19. The molecule has 0 spiro atoms. The number of benzene rings is 1. The molecule has 1 aromatic heterocycles. The third kappa shape index (κ3) is 8.68. The zero-order valence-electron chi connectivity index (χ0n) is 22.3. The molecular weight excluding hydrogens is 472 g/mol. The highest BCUT2D eigenvalue weighted by Crippen LogP contribution is 2.24. The average Bonchev–Trinajstić information content (AvgIpc) is 3.29. The van der Waals surface area contributed by atoms with E-state index in [9.17, 15) is 14.4 Å². The van der Waals surface area contributed by atoms with Crippen LogP contribution in [-0.2, 0) is 32.3 Å². The van der Waals surface area contributed by atoms with Gasteiger partial charge >= 0.3 is 0 Å². The monoisotopic (exact) mass is 512 g/mol. The minimum absolute atomic E-state index is 0.0297. The van der Waals surface area contributed by atoms with Gasteiger partial charge in [-0.3, -0.25) is 14.4 Å². The lowest BCUT2D eigenvalue weighted by atomic mass is 9.87. The predicted molar refractivity (Wildman–Crippen MR) is 141 cm³/mol. The molecule has 10 heteroatoms. The fourth-order valence-electron chi connectivity index (χ4n) is 4.19. The highest BCUT2D eigenvalue weighted by molar-refractivity contribution is 5.98. The van der Waals surface area contributed by atoms with Gasteiger partial charge < -0.3 is 30.6 Å². The van der Waals surface area contributed by atoms with Gasteiger partial charge in [0.2, 0.25) is 11.8 Å². The SMILES string of the molecule is CC(C)C1CCN(C(=O)Cn2cnc(NC(=O)[C@@H](COCc3ccccc3)NC(=O)C(C)(C)N)c2)CC1. The minimum atomic E-state index is -1.16. The number of hydrogen-bond acceptors (Lipinski definition) is 6. The summed E-state index contributed by atoms with van der Waals surface area (Å²) in [7, 11) is 0. The lowest BCUT2D eigenvalue weighted by Crippen LogP contribution is -2.56. The van der Waals surface area contributed by atoms with Gasteiger partial charge in [-0.1, -0.05) is 44.2 Å². The molecule has 0 aliphatic carbocycles. The third-order valence-corrected chi connectivity index (χ3v) is 6.64. The van der Waals surface area contributed by atoms with E-state index < -0.39 is 23.4 Å². The van der Waals surface area contributed by atoms with Crippen LogP contribution in [0.25, 0.3) is 0 Å². The van der Waals surface area contributed by atoms with Crippen molar-refractivity contribution >= 4 is 23.5 Å². The van der Waals surface area contributed by atoms with Crippen molar-refractivity contribution < 1.29 is 19.1 Å². The molecular formula is C27H40N6O4. The second-order valence-corrected chi connectivity index (χ2v) is 10.6. The number of carbonyl (C=O) groups is 3. The minimum Gasteiger partial charge on any atom is -0.374 e. The summed E-state index contributed by atoms with van der Waals surface area (Å²) >= 11 is 0. The molecule has 3 rings (SSSR count). The number of rotatable bonds is 11. The first kappa shape index (κ1) is 28.3. The van der Waals surface area contributed by atoms with E-state index >= 15 is 0 Å². The van der Waals surface area contributed by atoms with Crippen LogP contribution in [0.4, 0.5) is 5.82 Å². The Morgan fingerprint density at radius 2 is 1.84 bits per heavy atom. The number of anilines is 1. The first-order chi connectivity index (χ1) is 17.5. The predicted octanol–water partition coefficient (Wildman–Crippen LogP) is 2.16. The van der Waals surface area contributed by atoms with Gasteiger partial charge in [0.1, 0.15) is 12.6 Å². The average molecular weight is 513 g/mol. The summed E-state index contributed by atoms with van der Waals surface area (Å²) in [6.07, 6.45) is 5.16. The van der Waals surface area contributed by atoms with E-state index in [0.717, 1.165) is 31.5 Å². The van der Waals surface area contributed by atoms with Crippen LogP contribution in [0, 0.1) is 11.8 Å². The molecule has 4 N–H and O–H groups in total. The van der Waals surface area contributed by atoms with Crippen molar-refractivity contribution in [3.8, 4) is 0 Å². The van der Waals surface area contributed by atoms with Gasteiger partial charge in [-0.15, -0.1) is 0 Å². The number of imidazole rings is 1. The molecule has 37 heavy (non-hydrogen) atoms. The van der Waals surface area contributed by atoms with Gasteiger partial charge in [0, 0.05) is 19.3 Å². The van der Waals surface area contributed by atoms with Crippen molar-refractivity contribution in [2.75, 3.05) is 25.0 Å². The Bertz CT molecular complexity index is 1040. The number of hydrogen-bond donors (Lipinski definition) is 3. The van der Waals surface area contributed by atoms with Crippen LogP contribution in [0.5, 0.6) is 0 Å². The molecule has 2 heterocycles. The molecule has 1 aliphatic heterocycles. The fraction of sp³-hybridized carbons (Fsp3) is 0.556. The molecule has 0 radical (unpaired) electrons. The van der Waals surface area contributed by atoms with Gasteiger partial charge in [0.15, 0.2) is 5.82 Å². The first-order valence-electron chi connectivity index (χ1n) is 12.8. The van der Waals surface area contributed by atoms with E-state index in [-0.39, 0.29) is 31.5 Å². The van der Waals surface area contributed by atoms with Gasteiger partial charge in [0.05, 0.1) is 25.1 Å². The van der Waals surface area contributed by atoms with E-state index in [4.69, 9.17) is 10.5 Å². The summed E-state index contributed by atoms with van der Waals surface area (Å²) in [4.78, 5) is 44.3. The van der Waals surface area contributed by atoms with E-state index in [1.807, 2.05) is 35.2 Å². The summed E-state index contributed by atoms with van der Waals surface area (Å²) in [5.41, 5.74) is 5.68. The number of carbonyl (C=O) groups excluding carboxylic acids is 3. The van der Waals surface area contributed by atoms with Crippen LogP contribution in [-0.4, -0.2) is 63.4 Å². The number of piperidine rings is 1. The number of amides is 3. The van der Waals surface area contributed by atoms with Crippen LogP contribution in [0.1, 0.15) is 46.1 Å². The molecule has 0 bridgehead atoms. The number of likely N-dealkylation sites (tertiary alicyclic amines) is 1. The molecule has 1 fully saturated rings. The molecule has 0 unspecified atom stereocenters. The van der Waals surface area contributed by atoms with Gasteiger partial charge in [-0.2, -0.15) is 0 Å². The quantitative estimate of drug-likeness (QED) is 0.423. The lowest BCUT2D eigenvalue weighted by molar-refractivity contribution is -0.133. The van der Waals surface area contributed by atoms with Gasteiger partial charge in [-0.05, 0) is 44.1 Å². The van der Waals surface area contributed by atoms with Crippen LogP contribution in [0.2, 0.25) is 0 Å². The van der Waals surface area contributed by atoms with Crippen LogP contribution >= 0.6 is 0 Å². The number of nitrogens with zero attached hydrogens (tertiary/aromatic N) is 3. The Balaban J connectivity index is 1.56. The van der Waals surface area contributed by atoms with Gasteiger partial charge in [-0.25, -0.2) is 4.98 Å².